The fraction of sp³-hybridized carbons (Fsp3) is 0.429. The Morgan fingerprint density at radius 3 is 2.27 bits per heavy atom. The third-order valence-electron chi connectivity index (χ3n) is 1.23. The molecule has 1 aromatic heterocycles. The van der Waals surface area contributed by atoms with Gasteiger partial charge < -0.3 is 13.9 Å². The highest BCUT2D eigenvalue weighted by atomic mass is 16.6. The second-order valence-electron chi connectivity index (χ2n) is 2.61. The lowest BCUT2D eigenvalue weighted by atomic mass is 10.1. The van der Waals surface area contributed by atoms with Crippen molar-refractivity contribution in [2.45, 2.75) is 19.4 Å². The van der Waals surface area contributed by atoms with E-state index in [9.17, 15) is 9.90 Å². The maximum atomic E-state index is 10.5. The van der Waals surface area contributed by atoms with Crippen LogP contribution in [0.15, 0.2) is 13.6 Å². The number of aliphatic hydroxyl groups is 1. The highest BCUT2D eigenvalue weighted by molar-refractivity contribution is 5.11. The highest BCUT2D eigenvalue weighted by Crippen LogP contribution is 2.20. The van der Waals surface area contributed by atoms with Crippen molar-refractivity contribution in [3.8, 4) is 0 Å². The van der Waals surface area contributed by atoms with Crippen LogP contribution in [0.5, 0.6) is 0 Å². The number of hydrogen-bond acceptors (Lipinski definition) is 4. The predicted octanol–water partition coefficient (Wildman–Crippen LogP) is 0.583. The van der Waals surface area contributed by atoms with Crippen molar-refractivity contribution in [3.05, 3.63) is 29.1 Å². The predicted molar refractivity (Wildman–Crippen MR) is 36.9 cm³/mol. The summed E-state index contributed by atoms with van der Waals surface area (Å²) in [6, 6.07) is 0. The summed E-state index contributed by atoms with van der Waals surface area (Å²) in [4.78, 5) is 10.5. The standard InChI is InChI=1S/C7H9O4/c1-4-5(7(2,3)9)11-6(8)10-4/h9H,2H2,1,3H3. The Bertz CT molecular complexity index is 299. The minimum Gasteiger partial charge on any atom is -0.396 e. The lowest BCUT2D eigenvalue weighted by molar-refractivity contribution is 0.0796. The van der Waals surface area contributed by atoms with Crippen molar-refractivity contribution < 1.29 is 13.9 Å². The molecule has 1 atom stereocenters. The molecule has 1 aromatic rings. The van der Waals surface area contributed by atoms with Crippen LogP contribution >= 0.6 is 0 Å². The van der Waals surface area contributed by atoms with Crippen LogP contribution in [0.4, 0.5) is 0 Å². The number of hydrogen-bond donors (Lipinski definition) is 1. The van der Waals surface area contributed by atoms with Crippen LogP contribution in [0.3, 0.4) is 0 Å². The van der Waals surface area contributed by atoms with E-state index in [1.807, 2.05) is 0 Å². The molecule has 11 heavy (non-hydrogen) atoms. The van der Waals surface area contributed by atoms with Gasteiger partial charge in [-0.25, -0.2) is 4.79 Å². The van der Waals surface area contributed by atoms with Crippen LogP contribution in [0.25, 0.3) is 0 Å². The summed E-state index contributed by atoms with van der Waals surface area (Å²) >= 11 is 0. The first-order valence-corrected chi connectivity index (χ1v) is 3.10. The normalized spacial score (nSPS) is 12.0. The summed E-state index contributed by atoms with van der Waals surface area (Å²) in [6.45, 7) is 6.32. The summed E-state index contributed by atoms with van der Waals surface area (Å²) < 4.78 is 9.06. The first-order valence-electron chi connectivity index (χ1n) is 3.10. The zero-order chi connectivity index (χ0) is 8.65. The molecular formula is C7H9O4. The molecular weight excluding hydrogens is 148 g/mol. The van der Waals surface area contributed by atoms with Crippen molar-refractivity contribution >= 4 is 0 Å². The maximum absolute atomic E-state index is 10.5. The van der Waals surface area contributed by atoms with Crippen LogP contribution in [-0.4, -0.2) is 5.11 Å². The van der Waals surface area contributed by atoms with Gasteiger partial charge in [0.25, 0.3) is 0 Å². The summed E-state index contributed by atoms with van der Waals surface area (Å²) in [5.74, 6) is -0.487. The molecule has 0 aliphatic heterocycles. The van der Waals surface area contributed by atoms with Gasteiger partial charge in [0.15, 0.2) is 5.76 Å². The Hall–Kier alpha value is -1.03. The molecule has 0 fully saturated rings. The van der Waals surface area contributed by atoms with Gasteiger partial charge in [0.05, 0.1) is 0 Å². The van der Waals surface area contributed by atoms with E-state index in [1.54, 1.807) is 0 Å². The molecule has 0 saturated carbocycles. The molecule has 61 valence electrons. The van der Waals surface area contributed by atoms with E-state index in [1.165, 1.54) is 13.8 Å². The van der Waals surface area contributed by atoms with E-state index in [4.69, 9.17) is 0 Å². The van der Waals surface area contributed by atoms with Crippen LogP contribution in [0.1, 0.15) is 18.4 Å². The molecule has 0 spiro atoms. The average molecular weight is 157 g/mol. The van der Waals surface area contributed by atoms with Crippen molar-refractivity contribution in [2.75, 3.05) is 0 Å². The molecule has 0 aromatic carbocycles. The first kappa shape index (κ1) is 8.07. The van der Waals surface area contributed by atoms with E-state index in [0.717, 1.165) is 0 Å². The fourth-order valence-corrected chi connectivity index (χ4v) is 0.837. The SMILES string of the molecule is [CH2]C(C)(O)c1oc(=O)oc1C. The molecule has 0 aliphatic carbocycles. The lowest BCUT2D eigenvalue weighted by Crippen LogP contribution is -2.16. The maximum Gasteiger partial charge on any atom is 0.519 e. The lowest BCUT2D eigenvalue weighted by Gasteiger charge is -2.11. The third-order valence-corrected chi connectivity index (χ3v) is 1.23. The second kappa shape index (κ2) is 2.23. The molecule has 1 radical (unpaired) electrons. The Balaban J connectivity index is 3.24. The molecule has 1 unspecified atom stereocenters. The smallest absolute Gasteiger partial charge is 0.396 e. The van der Waals surface area contributed by atoms with Crippen molar-refractivity contribution in [2.24, 2.45) is 0 Å². The fourth-order valence-electron chi connectivity index (χ4n) is 0.837. The highest BCUT2D eigenvalue weighted by Gasteiger charge is 2.25. The Morgan fingerprint density at radius 1 is 1.55 bits per heavy atom. The minimum absolute atomic E-state index is 0.0718. The molecule has 4 nitrogen and oxygen atoms in total. The first-order chi connectivity index (χ1) is 4.91. The van der Waals surface area contributed by atoms with Crippen LogP contribution in [0, 0.1) is 13.8 Å². The summed E-state index contributed by atoms with van der Waals surface area (Å²) in [5.41, 5.74) is -1.41. The molecule has 4 heteroatoms. The molecule has 0 saturated heterocycles. The van der Waals surface area contributed by atoms with E-state index in [-0.39, 0.29) is 11.5 Å². The van der Waals surface area contributed by atoms with Crippen LogP contribution in [0.2, 0.25) is 0 Å². The Morgan fingerprint density at radius 2 is 2.09 bits per heavy atom. The Labute approximate surface area is 63.4 Å². The van der Waals surface area contributed by atoms with Crippen molar-refractivity contribution in [1.29, 1.82) is 0 Å². The van der Waals surface area contributed by atoms with Gasteiger partial charge in [-0.1, -0.05) is 0 Å². The van der Waals surface area contributed by atoms with Crippen molar-refractivity contribution in [3.63, 3.8) is 0 Å². The molecule has 0 amide bonds. The van der Waals surface area contributed by atoms with E-state index >= 15 is 0 Å². The van der Waals surface area contributed by atoms with Crippen molar-refractivity contribution in [1.82, 2.24) is 0 Å². The largest absolute Gasteiger partial charge is 0.519 e. The van der Waals surface area contributed by atoms with Gasteiger partial charge in [-0.2, -0.15) is 0 Å². The molecule has 1 N–H and O–H groups in total. The van der Waals surface area contributed by atoms with Gasteiger partial charge in [-0.3, -0.25) is 0 Å². The third kappa shape index (κ3) is 1.51. The molecule has 1 heterocycles. The summed E-state index contributed by atoms with van der Waals surface area (Å²) in [5, 5.41) is 9.28. The number of rotatable bonds is 1. The minimum atomic E-state index is -1.41. The van der Waals surface area contributed by atoms with E-state index < -0.39 is 11.4 Å². The van der Waals surface area contributed by atoms with Gasteiger partial charge in [0.1, 0.15) is 11.4 Å². The topological polar surface area (TPSA) is 63.6 Å². The van der Waals surface area contributed by atoms with Gasteiger partial charge in [-0.15, -0.1) is 0 Å². The zero-order valence-corrected chi connectivity index (χ0v) is 6.38. The van der Waals surface area contributed by atoms with Gasteiger partial charge in [0.2, 0.25) is 0 Å². The van der Waals surface area contributed by atoms with Gasteiger partial charge in [0, 0.05) is 0 Å². The van der Waals surface area contributed by atoms with Gasteiger partial charge >= 0.3 is 5.82 Å². The second-order valence-corrected chi connectivity index (χ2v) is 2.61. The van der Waals surface area contributed by atoms with Gasteiger partial charge in [-0.05, 0) is 20.8 Å². The van der Waals surface area contributed by atoms with Crippen LogP contribution < -0.4 is 5.82 Å². The molecule has 0 aliphatic rings. The number of aryl methyl sites for hydroxylation is 1. The quantitative estimate of drug-likeness (QED) is 0.647. The summed E-state index contributed by atoms with van der Waals surface area (Å²) in [7, 11) is 0. The zero-order valence-electron chi connectivity index (χ0n) is 6.38. The molecule has 1 rings (SSSR count). The monoisotopic (exact) mass is 157 g/mol. The molecule has 0 bridgehead atoms. The Kier molecular flexibility index (Phi) is 1.64. The summed E-state index contributed by atoms with van der Waals surface area (Å²) in [6.07, 6.45) is 0. The average Bonchev–Trinajstić information content (AvgIpc) is 2.08. The van der Waals surface area contributed by atoms with E-state index in [2.05, 4.69) is 15.8 Å². The van der Waals surface area contributed by atoms with E-state index in [0.29, 0.717) is 0 Å². The van der Waals surface area contributed by atoms with Crippen LogP contribution in [-0.2, 0) is 5.60 Å².